The number of ether oxygens (including phenoxy) is 1. The number of amides is 3. The minimum atomic E-state index is -0.762. The molecule has 0 saturated carbocycles. The lowest BCUT2D eigenvalue weighted by Crippen LogP contribution is -2.54. The maximum Gasteiger partial charge on any atom is 0.244 e. The molecule has 3 aliphatic rings. The van der Waals surface area contributed by atoms with Crippen LogP contribution in [0.4, 0.5) is 5.69 Å². The van der Waals surface area contributed by atoms with Gasteiger partial charge >= 0.3 is 0 Å². The van der Waals surface area contributed by atoms with E-state index >= 15 is 0 Å². The van der Waals surface area contributed by atoms with Crippen molar-refractivity contribution in [2.45, 2.75) is 68.0 Å². The molecule has 3 N–H and O–H groups in total. The number of benzene rings is 2. The Balaban J connectivity index is 1.46. The highest BCUT2D eigenvalue weighted by Gasteiger charge is 2.74. The van der Waals surface area contributed by atoms with Gasteiger partial charge in [0.2, 0.25) is 17.7 Å². The predicted octanol–water partition coefficient (Wildman–Crippen LogP) is 4.16. The maximum atomic E-state index is 14.3. The largest absolute Gasteiger partial charge is 0.494 e. The summed E-state index contributed by atoms with van der Waals surface area (Å²) in [6, 6.07) is 15.1. The highest BCUT2D eigenvalue weighted by Crippen LogP contribution is 2.67. The summed E-state index contributed by atoms with van der Waals surface area (Å²) in [6.07, 6.45) is 4.36. The topological polar surface area (TPSA) is 108 Å². The zero-order chi connectivity index (χ0) is 28.3. The van der Waals surface area contributed by atoms with Crippen molar-refractivity contribution in [3.05, 3.63) is 60.2 Å². The molecule has 0 aliphatic carbocycles. The minimum absolute atomic E-state index is 0.0431. The van der Waals surface area contributed by atoms with Gasteiger partial charge in [-0.15, -0.1) is 11.8 Å². The van der Waals surface area contributed by atoms with Crippen molar-refractivity contribution < 1.29 is 24.2 Å². The Morgan fingerprint density at radius 2 is 1.85 bits per heavy atom. The molecule has 2 aromatic rings. The van der Waals surface area contributed by atoms with E-state index in [4.69, 9.17) is 4.74 Å². The first-order valence-electron chi connectivity index (χ1n) is 14.4. The summed E-state index contributed by atoms with van der Waals surface area (Å²) >= 11 is 1.63. The van der Waals surface area contributed by atoms with E-state index < -0.39 is 28.7 Å². The van der Waals surface area contributed by atoms with Gasteiger partial charge < -0.3 is 25.4 Å². The fourth-order valence-corrected chi connectivity index (χ4v) is 8.97. The summed E-state index contributed by atoms with van der Waals surface area (Å²) in [5.74, 6) is -1.09. The summed E-state index contributed by atoms with van der Waals surface area (Å²) < 4.78 is 4.80. The Labute approximate surface area is 240 Å². The molecule has 214 valence electrons. The van der Waals surface area contributed by atoms with E-state index in [0.29, 0.717) is 25.3 Å². The number of aliphatic hydroxyl groups excluding tert-OH is 1. The molecule has 9 heteroatoms. The zero-order valence-electron chi connectivity index (χ0n) is 23.2. The standard InChI is InChI=1S/C31H39N3O5S/c1-3-5-9-18-32-29(37)27-31-17-16-24(40-31)25(28(36)33-21-12-14-22(15-13-21)39-4-2)26(31)30(38)34(27)23(19-35)20-10-7-6-8-11-20/h6-8,10-15,23-27,35H,3-5,9,16-19H2,1-2H3,(H,32,37)(H,33,36)/t23-,24+,25-,26+,27?,31?/m1/s1. The van der Waals surface area contributed by atoms with E-state index in [9.17, 15) is 19.5 Å². The molecule has 1 spiro atoms. The number of hydrogen-bond acceptors (Lipinski definition) is 6. The first-order chi connectivity index (χ1) is 19.4. The number of thioether (sulfide) groups is 1. The summed E-state index contributed by atoms with van der Waals surface area (Å²) in [5, 5.41) is 16.6. The lowest BCUT2D eigenvalue weighted by molar-refractivity contribution is -0.142. The van der Waals surface area contributed by atoms with E-state index in [2.05, 4.69) is 17.6 Å². The molecule has 40 heavy (non-hydrogen) atoms. The van der Waals surface area contributed by atoms with Crippen LogP contribution in [0.1, 0.15) is 57.6 Å². The van der Waals surface area contributed by atoms with E-state index in [1.165, 1.54) is 0 Å². The Bertz CT molecular complexity index is 1210. The van der Waals surface area contributed by atoms with Crippen LogP contribution in [-0.4, -0.2) is 63.5 Å². The van der Waals surface area contributed by atoms with Gasteiger partial charge in [0.05, 0.1) is 35.8 Å². The van der Waals surface area contributed by atoms with Crippen LogP contribution >= 0.6 is 11.8 Å². The van der Waals surface area contributed by atoms with Gasteiger partial charge in [-0.1, -0.05) is 50.1 Å². The van der Waals surface area contributed by atoms with Crippen molar-refractivity contribution in [1.29, 1.82) is 0 Å². The number of fused-ring (bicyclic) bond motifs is 1. The Morgan fingerprint density at radius 3 is 2.52 bits per heavy atom. The van der Waals surface area contributed by atoms with Crippen molar-refractivity contribution in [1.82, 2.24) is 10.2 Å². The van der Waals surface area contributed by atoms with Crippen molar-refractivity contribution in [3.8, 4) is 5.75 Å². The fourth-order valence-electron chi connectivity index (χ4n) is 6.77. The molecule has 3 fully saturated rings. The van der Waals surface area contributed by atoms with Gasteiger partial charge in [0.1, 0.15) is 11.8 Å². The molecule has 5 rings (SSSR count). The number of likely N-dealkylation sites (tertiary alicyclic amines) is 1. The number of unbranched alkanes of at least 4 members (excludes halogenated alkanes) is 2. The lowest BCUT2D eigenvalue weighted by atomic mass is 9.70. The van der Waals surface area contributed by atoms with Gasteiger partial charge in [-0.3, -0.25) is 14.4 Å². The molecule has 6 atom stereocenters. The van der Waals surface area contributed by atoms with Crippen LogP contribution in [-0.2, 0) is 14.4 Å². The highest BCUT2D eigenvalue weighted by atomic mass is 32.2. The highest BCUT2D eigenvalue weighted by molar-refractivity contribution is 8.02. The molecule has 3 saturated heterocycles. The third kappa shape index (κ3) is 5.09. The molecule has 3 amide bonds. The second-order valence-corrected chi connectivity index (χ2v) is 12.5. The summed E-state index contributed by atoms with van der Waals surface area (Å²) in [4.78, 5) is 43.6. The molecule has 2 bridgehead atoms. The van der Waals surface area contributed by atoms with Crippen LogP contribution in [0.3, 0.4) is 0 Å². The van der Waals surface area contributed by atoms with Gasteiger partial charge in [0.25, 0.3) is 0 Å². The minimum Gasteiger partial charge on any atom is -0.494 e. The summed E-state index contributed by atoms with van der Waals surface area (Å²) in [5.41, 5.74) is 1.41. The lowest BCUT2D eigenvalue weighted by Gasteiger charge is -2.37. The second-order valence-electron chi connectivity index (χ2n) is 10.9. The molecular formula is C31H39N3O5S. The molecule has 3 heterocycles. The molecule has 2 aromatic carbocycles. The first-order valence-corrected chi connectivity index (χ1v) is 15.3. The monoisotopic (exact) mass is 565 g/mol. The molecule has 0 aromatic heterocycles. The number of nitrogens with one attached hydrogen (secondary N) is 2. The first kappa shape index (κ1) is 28.5. The normalized spacial score (nSPS) is 27.4. The van der Waals surface area contributed by atoms with Crippen molar-refractivity contribution in [3.63, 3.8) is 0 Å². The van der Waals surface area contributed by atoms with Crippen molar-refractivity contribution in [2.75, 3.05) is 25.1 Å². The van der Waals surface area contributed by atoms with Crippen LogP contribution in [0.5, 0.6) is 5.75 Å². The summed E-state index contributed by atoms with van der Waals surface area (Å²) in [6.45, 7) is 4.81. The van der Waals surface area contributed by atoms with Gasteiger partial charge in [-0.25, -0.2) is 0 Å². The van der Waals surface area contributed by atoms with Crippen LogP contribution in [0.25, 0.3) is 0 Å². The van der Waals surface area contributed by atoms with Crippen LogP contribution in [0.15, 0.2) is 54.6 Å². The van der Waals surface area contributed by atoms with E-state index in [1.54, 1.807) is 28.8 Å². The van der Waals surface area contributed by atoms with E-state index in [0.717, 1.165) is 37.0 Å². The molecule has 3 aliphatic heterocycles. The number of rotatable bonds is 12. The average molecular weight is 566 g/mol. The van der Waals surface area contributed by atoms with Crippen LogP contribution < -0.4 is 15.4 Å². The Kier molecular flexibility index (Phi) is 8.71. The van der Waals surface area contributed by atoms with Crippen LogP contribution in [0.2, 0.25) is 0 Å². The summed E-state index contributed by atoms with van der Waals surface area (Å²) in [7, 11) is 0. The zero-order valence-corrected chi connectivity index (χ0v) is 24.0. The number of aliphatic hydroxyl groups is 1. The Hall–Kier alpha value is -3.04. The smallest absolute Gasteiger partial charge is 0.244 e. The second kappa shape index (κ2) is 12.2. The van der Waals surface area contributed by atoms with E-state index in [-0.39, 0.29) is 29.6 Å². The molecule has 8 nitrogen and oxygen atoms in total. The maximum absolute atomic E-state index is 14.3. The predicted molar refractivity (Wildman–Crippen MR) is 156 cm³/mol. The van der Waals surface area contributed by atoms with Crippen molar-refractivity contribution in [2.24, 2.45) is 11.8 Å². The number of nitrogens with zero attached hydrogens (tertiary/aromatic N) is 1. The number of hydrogen-bond donors (Lipinski definition) is 3. The Morgan fingerprint density at radius 1 is 1.10 bits per heavy atom. The number of carbonyl (C=O) groups excluding carboxylic acids is 3. The van der Waals surface area contributed by atoms with E-state index in [1.807, 2.05) is 49.4 Å². The number of carbonyl (C=O) groups is 3. The molecule has 2 unspecified atom stereocenters. The van der Waals surface area contributed by atoms with Gasteiger partial charge in [0, 0.05) is 17.5 Å². The van der Waals surface area contributed by atoms with Gasteiger partial charge in [-0.2, -0.15) is 0 Å². The average Bonchev–Trinajstić information content (AvgIpc) is 3.61. The SMILES string of the molecule is CCCCCNC(=O)C1N([C@H](CO)c2ccccc2)C(=O)[C@@H]2[C@H](C(=O)Nc3ccc(OCC)cc3)[C@@H]3CCC12S3. The number of anilines is 1. The quantitative estimate of drug-likeness (QED) is 0.334. The van der Waals surface area contributed by atoms with Gasteiger partial charge in [0.15, 0.2) is 0 Å². The third-order valence-corrected chi connectivity index (χ3v) is 10.4. The fraction of sp³-hybridized carbons (Fsp3) is 0.516. The van der Waals surface area contributed by atoms with Crippen molar-refractivity contribution >= 4 is 35.2 Å². The van der Waals surface area contributed by atoms with Gasteiger partial charge in [-0.05, 0) is 56.0 Å². The van der Waals surface area contributed by atoms with Crippen LogP contribution in [0, 0.1) is 11.8 Å². The third-order valence-electron chi connectivity index (χ3n) is 8.49. The molecule has 0 radical (unpaired) electrons. The molecular weight excluding hydrogens is 526 g/mol.